The number of halogens is 3. The number of nitrogens with one attached hydrogen (secondary N) is 2. The fourth-order valence-corrected chi connectivity index (χ4v) is 5.46. The van der Waals surface area contributed by atoms with Crippen LogP contribution in [0.3, 0.4) is 0 Å². The average Bonchev–Trinajstić information content (AvgIpc) is 3.32. The van der Waals surface area contributed by atoms with Crippen molar-refractivity contribution in [3.05, 3.63) is 27.8 Å². The molecule has 2 N–H and O–H groups in total. The standard InChI is InChI=1S/C21H27F3N4O3/c1-25-17-11-18(27-14-6-7-15(27)9-8-14)16(10-19(17)28(30)31)20(29)26-13-4-2-12(3-5-13)21(22,23)24/h10-15,25H,2-9H2,1H3,(H,26,29). The Labute approximate surface area is 178 Å². The second-order valence-corrected chi connectivity index (χ2v) is 8.83. The zero-order chi connectivity index (χ0) is 22.3. The van der Waals surface area contributed by atoms with Gasteiger partial charge in [-0.2, -0.15) is 13.2 Å². The average molecular weight is 440 g/mol. The van der Waals surface area contributed by atoms with Gasteiger partial charge in [0.05, 0.1) is 22.1 Å². The number of nitro groups is 1. The van der Waals surface area contributed by atoms with Crippen molar-refractivity contribution in [2.24, 2.45) is 5.92 Å². The van der Waals surface area contributed by atoms with Crippen molar-refractivity contribution in [1.29, 1.82) is 0 Å². The van der Waals surface area contributed by atoms with Crippen LogP contribution in [0.25, 0.3) is 0 Å². The highest BCUT2D eigenvalue weighted by Gasteiger charge is 2.43. The quantitative estimate of drug-likeness (QED) is 0.515. The van der Waals surface area contributed by atoms with E-state index in [-0.39, 0.29) is 43.0 Å². The van der Waals surface area contributed by atoms with Crippen LogP contribution in [0, 0.1) is 16.0 Å². The highest BCUT2D eigenvalue weighted by atomic mass is 19.4. The summed E-state index contributed by atoms with van der Waals surface area (Å²) in [5.41, 5.74) is 1.04. The van der Waals surface area contributed by atoms with Crippen LogP contribution in [0.15, 0.2) is 12.1 Å². The molecule has 1 aliphatic carbocycles. The first-order valence-corrected chi connectivity index (χ1v) is 10.8. The molecular weight excluding hydrogens is 413 g/mol. The smallest absolute Gasteiger partial charge is 0.383 e. The monoisotopic (exact) mass is 440 g/mol. The molecule has 2 heterocycles. The molecule has 0 unspecified atom stereocenters. The van der Waals surface area contributed by atoms with Gasteiger partial charge in [-0.25, -0.2) is 0 Å². The summed E-state index contributed by atoms with van der Waals surface area (Å²) in [6.07, 6.45) is 0.359. The Kier molecular flexibility index (Phi) is 5.74. The molecule has 2 saturated heterocycles. The largest absolute Gasteiger partial charge is 0.391 e. The van der Waals surface area contributed by atoms with Crippen LogP contribution in [0.5, 0.6) is 0 Å². The molecule has 0 aromatic heterocycles. The van der Waals surface area contributed by atoms with Gasteiger partial charge >= 0.3 is 6.18 Å². The summed E-state index contributed by atoms with van der Waals surface area (Å²) in [5.74, 6) is -1.78. The Morgan fingerprint density at radius 3 is 2.13 bits per heavy atom. The molecular formula is C21H27F3N4O3. The lowest BCUT2D eigenvalue weighted by molar-refractivity contribution is -0.384. The van der Waals surface area contributed by atoms with Crippen molar-refractivity contribution in [2.75, 3.05) is 17.3 Å². The minimum Gasteiger partial charge on any atom is -0.383 e. The van der Waals surface area contributed by atoms with Crippen molar-refractivity contribution in [3.8, 4) is 0 Å². The molecule has 2 bridgehead atoms. The van der Waals surface area contributed by atoms with E-state index < -0.39 is 22.9 Å². The normalized spacial score (nSPS) is 27.9. The van der Waals surface area contributed by atoms with Gasteiger partial charge in [0.15, 0.2) is 0 Å². The SMILES string of the molecule is CNc1cc(N2C3CCC2CC3)c(C(=O)NC2CCC(C(F)(F)F)CC2)cc1[N+](=O)[O-]. The summed E-state index contributed by atoms with van der Waals surface area (Å²) in [5, 5.41) is 17.3. The number of hydrogen-bond acceptors (Lipinski definition) is 5. The molecule has 31 heavy (non-hydrogen) atoms. The van der Waals surface area contributed by atoms with Gasteiger partial charge in [0.25, 0.3) is 11.6 Å². The number of amides is 1. The maximum Gasteiger partial charge on any atom is 0.391 e. The van der Waals surface area contributed by atoms with Crippen LogP contribution >= 0.6 is 0 Å². The summed E-state index contributed by atoms with van der Waals surface area (Å²) in [6.45, 7) is 0. The zero-order valence-corrected chi connectivity index (χ0v) is 17.4. The Bertz CT molecular complexity index is 848. The summed E-state index contributed by atoms with van der Waals surface area (Å²) >= 11 is 0. The van der Waals surface area contributed by atoms with Gasteiger partial charge in [-0.1, -0.05) is 0 Å². The second kappa shape index (κ2) is 8.20. The van der Waals surface area contributed by atoms with Gasteiger partial charge in [-0.15, -0.1) is 0 Å². The van der Waals surface area contributed by atoms with Crippen LogP contribution in [-0.4, -0.2) is 42.2 Å². The molecule has 170 valence electrons. The number of benzene rings is 1. The van der Waals surface area contributed by atoms with E-state index in [0.717, 1.165) is 25.7 Å². The lowest BCUT2D eigenvalue weighted by atomic mass is 9.85. The molecule has 0 atom stereocenters. The van der Waals surface area contributed by atoms with E-state index in [1.54, 1.807) is 13.1 Å². The number of hydrogen-bond donors (Lipinski definition) is 2. The van der Waals surface area contributed by atoms with Crippen LogP contribution < -0.4 is 15.5 Å². The number of anilines is 2. The number of rotatable bonds is 5. The minimum atomic E-state index is -4.21. The van der Waals surface area contributed by atoms with Crippen LogP contribution in [0.1, 0.15) is 61.7 Å². The Hall–Kier alpha value is -2.52. The molecule has 0 radical (unpaired) electrons. The van der Waals surface area contributed by atoms with Crippen molar-refractivity contribution < 1.29 is 22.9 Å². The number of carbonyl (C=O) groups excluding carboxylic acids is 1. The van der Waals surface area contributed by atoms with E-state index in [1.807, 2.05) is 0 Å². The van der Waals surface area contributed by atoms with Crippen LogP contribution in [-0.2, 0) is 0 Å². The van der Waals surface area contributed by atoms with Crippen molar-refractivity contribution >= 4 is 23.0 Å². The third kappa shape index (κ3) is 4.16. The maximum absolute atomic E-state index is 13.2. The second-order valence-electron chi connectivity index (χ2n) is 8.83. The molecule has 1 amide bonds. The van der Waals surface area contributed by atoms with Crippen LogP contribution in [0.4, 0.5) is 30.2 Å². The van der Waals surface area contributed by atoms with Gasteiger partial charge < -0.3 is 15.5 Å². The number of alkyl halides is 3. The molecule has 2 aliphatic heterocycles. The van der Waals surface area contributed by atoms with Gasteiger partial charge in [-0.05, 0) is 57.4 Å². The fraction of sp³-hybridized carbons (Fsp3) is 0.667. The molecule has 1 aromatic rings. The Morgan fingerprint density at radius 1 is 1.06 bits per heavy atom. The van der Waals surface area contributed by atoms with E-state index in [9.17, 15) is 28.1 Å². The number of carbonyl (C=O) groups is 1. The van der Waals surface area contributed by atoms with Gasteiger partial charge in [0, 0.05) is 31.2 Å². The topological polar surface area (TPSA) is 87.5 Å². The fourth-order valence-electron chi connectivity index (χ4n) is 5.46. The number of nitro benzene ring substituents is 1. The summed E-state index contributed by atoms with van der Waals surface area (Å²) in [6, 6.07) is 3.23. The van der Waals surface area contributed by atoms with Crippen LogP contribution in [0.2, 0.25) is 0 Å². The molecule has 3 aliphatic rings. The maximum atomic E-state index is 13.2. The first-order valence-electron chi connectivity index (χ1n) is 10.8. The molecule has 1 aromatic carbocycles. The van der Waals surface area contributed by atoms with E-state index in [4.69, 9.17) is 0 Å². The van der Waals surface area contributed by atoms with Gasteiger partial charge in [0.2, 0.25) is 0 Å². The van der Waals surface area contributed by atoms with E-state index in [0.29, 0.717) is 23.5 Å². The molecule has 4 rings (SSSR count). The highest BCUT2D eigenvalue weighted by molar-refractivity contribution is 6.02. The molecule has 10 heteroatoms. The predicted octanol–water partition coefficient (Wildman–Crippen LogP) is 4.62. The first kappa shape index (κ1) is 21.7. The summed E-state index contributed by atoms with van der Waals surface area (Å²) in [7, 11) is 1.60. The third-order valence-electron chi connectivity index (χ3n) is 7.08. The van der Waals surface area contributed by atoms with Gasteiger partial charge in [-0.3, -0.25) is 14.9 Å². The lowest BCUT2D eigenvalue weighted by Crippen LogP contribution is -2.41. The lowest BCUT2D eigenvalue weighted by Gasteiger charge is -2.31. The first-order chi connectivity index (χ1) is 14.7. The van der Waals surface area contributed by atoms with Crippen molar-refractivity contribution in [2.45, 2.75) is 75.7 Å². The summed E-state index contributed by atoms with van der Waals surface area (Å²) < 4.78 is 38.8. The Balaban J connectivity index is 1.59. The molecule has 7 nitrogen and oxygen atoms in total. The third-order valence-corrected chi connectivity index (χ3v) is 7.08. The highest BCUT2D eigenvalue weighted by Crippen LogP contribution is 2.45. The molecule has 1 saturated carbocycles. The Morgan fingerprint density at radius 2 is 1.65 bits per heavy atom. The van der Waals surface area contributed by atoms with E-state index >= 15 is 0 Å². The number of fused-ring (bicyclic) bond motifs is 2. The van der Waals surface area contributed by atoms with Crippen molar-refractivity contribution in [1.82, 2.24) is 5.32 Å². The zero-order valence-electron chi connectivity index (χ0n) is 17.4. The van der Waals surface area contributed by atoms with E-state index in [1.165, 1.54) is 6.07 Å². The minimum absolute atomic E-state index is 0.0174. The number of nitrogens with zero attached hydrogens (tertiary/aromatic N) is 2. The van der Waals surface area contributed by atoms with E-state index in [2.05, 4.69) is 15.5 Å². The van der Waals surface area contributed by atoms with Gasteiger partial charge in [0.1, 0.15) is 5.69 Å². The molecule has 0 spiro atoms. The van der Waals surface area contributed by atoms with Crippen molar-refractivity contribution in [3.63, 3.8) is 0 Å². The molecule has 3 fully saturated rings. The summed E-state index contributed by atoms with van der Waals surface area (Å²) in [4.78, 5) is 26.4. The predicted molar refractivity (Wildman–Crippen MR) is 110 cm³/mol.